The maximum Gasteiger partial charge on any atom is 0.254 e. The second kappa shape index (κ2) is 9.81. The van der Waals surface area contributed by atoms with Crippen LogP contribution >= 0.6 is 0 Å². The first-order chi connectivity index (χ1) is 15.5. The number of likely N-dealkylation sites (tertiary alicyclic amines) is 2. The Balaban J connectivity index is 1.39. The lowest BCUT2D eigenvalue weighted by Crippen LogP contribution is -2.38. The molecule has 0 aromatic heterocycles. The fraction of sp³-hybridized carbons (Fsp3) is 0.440. The van der Waals surface area contributed by atoms with E-state index in [1.807, 2.05) is 11.9 Å². The van der Waals surface area contributed by atoms with Gasteiger partial charge in [0.15, 0.2) is 0 Å². The van der Waals surface area contributed by atoms with E-state index in [2.05, 4.69) is 29.6 Å². The molecule has 2 saturated heterocycles. The van der Waals surface area contributed by atoms with Crippen LogP contribution in [-0.4, -0.2) is 77.3 Å². The smallest absolute Gasteiger partial charge is 0.254 e. The number of hydrogen-bond donors (Lipinski definition) is 3. The van der Waals surface area contributed by atoms with Crippen molar-refractivity contribution < 1.29 is 19.8 Å². The van der Waals surface area contributed by atoms with Gasteiger partial charge in [-0.05, 0) is 55.1 Å². The summed E-state index contributed by atoms with van der Waals surface area (Å²) in [5.74, 6) is 0.0933. The van der Waals surface area contributed by atoms with Crippen molar-refractivity contribution in [3.05, 3.63) is 70.8 Å². The lowest BCUT2D eigenvalue weighted by molar-refractivity contribution is 0.0572. The van der Waals surface area contributed by atoms with Gasteiger partial charge in [0, 0.05) is 43.9 Å². The summed E-state index contributed by atoms with van der Waals surface area (Å²) in [4.78, 5) is 29.1. The van der Waals surface area contributed by atoms with E-state index in [0.29, 0.717) is 30.1 Å². The molecule has 2 aliphatic heterocycles. The van der Waals surface area contributed by atoms with Gasteiger partial charge in [-0.25, -0.2) is 0 Å². The van der Waals surface area contributed by atoms with Crippen LogP contribution < -0.4 is 5.32 Å². The number of benzene rings is 2. The van der Waals surface area contributed by atoms with Gasteiger partial charge in [0.25, 0.3) is 11.8 Å². The summed E-state index contributed by atoms with van der Waals surface area (Å²) in [7, 11) is 1.94. The average Bonchev–Trinajstić information content (AvgIpc) is 3.17. The summed E-state index contributed by atoms with van der Waals surface area (Å²) < 4.78 is 0. The Bertz CT molecular complexity index is 961. The van der Waals surface area contributed by atoms with Gasteiger partial charge in [0.1, 0.15) is 0 Å². The molecule has 32 heavy (non-hydrogen) atoms. The molecule has 2 amide bonds. The highest BCUT2D eigenvalue weighted by atomic mass is 16.3. The average molecular weight is 438 g/mol. The predicted octanol–water partition coefficient (Wildman–Crippen LogP) is 1.60. The van der Waals surface area contributed by atoms with Gasteiger partial charge in [-0.15, -0.1) is 0 Å². The van der Waals surface area contributed by atoms with Crippen molar-refractivity contribution in [1.82, 2.24) is 15.1 Å². The molecule has 0 saturated carbocycles. The molecule has 0 bridgehead atoms. The molecule has 2 aromatic carbocycles. The molecule has 7 heteroatoms. The highest BCUT2D eigenvalue weighted by Gasteiger charge is 2.33. The van der Waals surface area contributed by atoms with Gasteiger partial charge in [-0.1, -0.05) is 30.3 Å². The van der Waals surface area contributed by atoms with Crippen molar-refractivity contribution in [2.24, 2.45) is 0 Å². The monoisotopic (exact) mass is 437 g/mol. The Morgan fingerprint density at radius 1 is 0.906 bits per heavy atom. The fourth-order valence-corrected chi connectivity index (χ4v) is 4.66. The van der Waals surface area contributed by atoms with Crippen molar-refractivity contribution in [3.8, 4) is 0 Å². The number of hydrogen-bond acceptors (Lipinski definition) is 5. The molecule has 7 nitrogen and oxygen atoms in total. The van der Waals surface area contributed by atoms with Gasteiger partial charge >= 0.3 is 0 Å². The van der Waals surface area contributed by atoms with Gasteiger partial charge in [0.05, 0.1) is 12.2 Å². The minimum Gasteiger partial charge on any atom is -0.388 e. The Labute approximate surface area is 188 Å². The fourth-order valence-electron chi connectivity index (χ4n) is 4.66. The number of carbonyl (C=O) groups is 2. The third-order valence-electron chi connectivity index (χ3n) is 6.49. The molecule has 2 aromatic rings. The van der Waals surface area contributed by atoms with Crippen molar-refractivity contribution in [1.29, 1.82) is 0 Å². The van der Waals surface area contributed by atoms with E-state index in [1.165, 1.54) is 16.0 Å². The molecular formula is C25H31N3O4. The van der Waals surface area contributed by atoms with Gasteiger partial charge in [-0.3, -0.25) is 9.59 Å². The van der Waals surface area contributed by atoms with Crippen LogP contribution in [0.1, 0.15) is 50.6 Å². The molecule has 0 radical (unpaired) electrons. The highest BCUT2D eigenvalue weighted by molar-refractivity contribution is 5.99. The first-order valence-corrected chi connectivity index (χ1v) is 11.2. The first kappa shape index (κ1) is 22.5. The van der Waals surface area contributed by atoms with E-state index in [-0.39, 0.29) is 24.9 Å². The number of carbonyl (C=O) groups excluding carboxylic acids is 2. The Morgan fingerprint density at radius 3 is 2.12 bits per heavy atom. The maximum atomic E-state index is 13.1. The second-order valence-corrected chi connectivity index (χ2v) is 8.77. The SMILES string of the molecule is CNCc1cccc(C2CCN(C(=O)c3cccc(C(=O)N4CC(O)[C@H](O)C4)c3)CC2)c1. The molecule has 2 fully saturated rings. The molecule has 0 spiro atoms. The van der Waals surface area contributed by atoms with Crippen LogP contribution in [0.4, 0.5) is 0 Å². The molecule has 0 aliphatic carbocycles. The zero-order valence-corrected chi connectivity index (χ0v) is 18.4. The molecule has 1 unspecified atom stereocenters. The topological polar surface area (TPSA) is 93.1 Å². The summed E-state index contributed by atoms with van der Waals surface area (Å²) >= 11 is 0. The highest BCUT2D eigenvalue weighted by Crippen LogP contribution is 2.29. The minimum absolute atomic E-state index is 0.0662. The number of amides is 2. The molecule has 4 rings (SSSR count). The van der Waals surface area contributed by atoms with E-state index in [1.54, 1.807) is 24.3 Å². The van der Waals surface area contributed by atoms with Crippen LogP contribution in [-0.2, 0) is 6.54 Å². The number of aliphatic hydroxyl groups is 2. The summed E-state index contributed by atoms with van der Waals surface area (Å²) in [5, 5.41) is 22.6. The molecule has 2 atom stereocenters. The Kier molecular flexibility index (Phi) is 6.89. The van der Waals surface area contributed by atoms with Crippen molar-refractivity contribution in [2.75, 3.05) is 33.2 Å². The first-order valence-electron chi connectivity index (χ1n) is 11.2. The standard InChI is InChI=1S/C25H31N3O4/c1-26-14-17-4-2-5-19(12-17)18-8-10-27(11-9-18)24(31)20-6-3-7-21(13-20)25(32)28-15-22(29)23(30)16-28/h2-7,12-13,18,22-23,26,29-30H,8-11,14-16H2,1H3/t22-,23?/m1/s1. The number of rotatable bonds is 5. The van der Waals surface area contributed by atoms with Crippen molar-refractivity contribution in [3.63, 3.8) is 0 Å². The van der Waals surface area contributed by atoms with E-state index in [0.717, 1.165) is 19.4 Å². The third kappa shape index (κ3) is 4.85. The van der Waals surface area contributed by atoms with Crippen LogP contribution in [0.25, 0.3) is 0 Å². The Morgan fingerprint density at radius 2 is 1.50 bits per heavy atom. The normalized spacial score (nSPS) is 21.7. The Hall–Kier alpha value is -2.74. The van der Waals surface area contributed by atoms with E-state index in [9.17, 15) is 19.8 Å². The number of nitrogens with one attached hydrogen (secondary N) is 1. The lowest BCUT2D eigenvalue weighted by atomic mass is 9.88. The van der Waals surface area contributed by atoms with Gasteiger partial charge < -0.3 is 25.3 Å². The number of aliphatic hydroxyl groups excluding tert-OH is 2. The second-order valence-electron chi connectivity index (χ2n) is 8.77. The quantitative estimate of drug-likeness (QED) is 0.661. The van der Waals surface area contributed by atoms with Crippen LogP contribution in [0, 0.1) is 0 Å². The van der Waals surface area contributed by atoms with E-state index < -0.39 is 12.2 Å². The largest absolute Gasteiger partial charge is 0.388 e. The minimum atomic E-state index is -0.927. The van der Waals surface area contributed by atoms with Crippen LogP contribution in [0.3, 0.4) is 0 Å². The lowest BCUT2D eigenvalue weighted by Gasteiger charge is -2.32. The summed E-state index contributed by atoms with van der Waals surface area (Å²) in [5.41, 5.74) is 3.48. The zero-order chi connectivity index (χ0) is 22.7. The molecule has 3 N–H and O–H groups in total. The van der Waals surface area contributed by atoms with E-state index >= 15 is 0 Å². The van der Waals surface area contributed by atoms with Crippen LogP contribution in [0.15, 0.2) is 48.5 Å². The van der Waals surface area contributed by atoms with Crippen LogP contribution in [0.2, 0.25) is 0 Å². The zero-order valence-electron chi connectivity index (χ0n) is 18.4. The summed E-state index contributed by atoms with van der Waals surface area (Å²) in [6.07, 6.45) is -0.0265. The van der Waals surface area contributed by atoms with E-state index in [4.69, 9.17) is 0 Å². The molecule has 170 valence electrons. The maximum absolute atomic E-state index is 13.1. The summed E-state index contributed by atoms with van der Waals surface area (Å²) in [6.45, 7) is 2.41. The third-order valence-corrected chi connectivity index (χ3v) is 6.49. The van der Waals surface area contributed by atoms with Crippen molar-refractivity contribution in [2.45, 2.75) is 37.5 Å². The number of β-amino-alcohol motifs (C(OH)–C–C–N with tert-alkyl or cyclic N) is 2. The molecule has 2 aliphatic rings. The molecule has 2 heterocycles. The van der Waals surface area contributed by atoms with Gasteiger partial charge in [0.2, 0.25) is 0 Å². The van der Waals surface area contributed by atoms with Gasteiger partial charge in [-0.2, -0.15) is 0 Å². The number of piperidine rings is 1. The molecular weight excluding hydrogens is 406 g/mol. The van der Waals surface area contributed by atoms with Crippen LogP contribution in [0.5, 0.6) is 0 Å². The summed E-state index contributed by atoms with van der Waals surface area (Å²) in [6, 6.07) is 15.4. The number of nitrogens with zero attached hydrogens (tertiary/aromatic N) is 2. The predicted molar refractivity (Wildman–Crippen MR) is 121 cm³/mol. The van der Waals surface area contributed by atoms with Crippen molar-refractivity contribution >= 4 is 11.8 Å².